The third-order valence-electron chi connectivity index (χ3n) is 6.10. The second-order valence-corrected chi connectivity index (χ2v) is 10.4. The molecule has 2 aromatic rings. The van der Waals surface area contributed by atoms with E-state index in [9.17, 15) is 18.0 Å². The Morgan fingerprint density at radius 3 is 2.50 bits per heavy atom. The smallest absolute Gasteiger partial charge is 0.312 e. The van der Waals surface area contributed by atoms with Gasteiger partial charge >= 0.3 is 5.69 Å². The number of hydrogen-bond acceptors (Lipinski definition) is 5. The molecule has 1 aliphatic heterocycles. The van der Waals surface area contributed by atoms with Gasteiger partial charge in [0.25, 0.3) is 5.56 Å². The van der Waals surface area contributed by atoms with Gasteiger partial charge in [-0.25, -0.2) is 17.9 Å². The van der Waals surface area contributed by atoms with Crippen LogP contribution >= 0.6 is 0 Å². The third-order valence-corrected chi connectivity index (χ3v) is 7.73. The summed E-state index contributed by atoms with van der Waals surface area (Å²) in [6.45, 7) is 3.58. The van der Waals surface area contributed by atoms with E-state index in [0.717, 1.165) is 25.7 Å². The van der Waals surface area contributed by atoms with Gasteiger partial charge < -0.3 is 5.32 Å². The molecule has 3 fully saturated rings. The van der Waals surface area contributed by atoms with Crippen molar-refractivity contribution in [1.29, 1.82) is 0 Å². The first-order valence-electron chi connectivity index (χ1n) is 9.81. The molecule has 0 bridgehead atoms. The molecule has 2 aliphatic carbocycles. The van der Waals surface area contributed by atoms with Crippen LogP contribution in [0.5, 0.6) is 0 Å². The minimum Gasteiger partial charge on any atom is -0.312 e. The number of fused-ring (bicyclic) bond motifs is 1. The highest BCUT2D eigenvalue weighted by atomic mass is 32.2. The van der Waals surface area contributed by atoms with Crippen molar-refractivity contribution in [3.8, 4) is 0 Å². The Morgan fingerprint density at radius 1 is 1.21 bits per heavy atom. The number of sulfonamides is 1. The van der Waals surface area contributed by atoms with E-state index in [0.29, 0.717) is 31.1 Å². The minimum absolute atomic E-state index is 0.0696. The minimum atomic E-state index is -3.72. The molecule has 5 rings (SSSR count). The predicted molar refractivity (Wildman–Crippen MR) is 105 cm³/mol. The molecule has 0 unspecified atom stereocenters. The Bertz CT molecular complexity index is 1180. The summed E-state index contributed by atoms with van der Waals surface area (Å²) >= 11 is 0. The number of rotatable bonds is 6. The summed E-state index contributed by atoms with van der Waals surface area (Å²) in [4.78, 5) is 26.2. The first-order chi connectivity index (χ1) is 13.3. The van der Waals surface area contributed by atoms with Gasteiger partial charge in [0.05, 0.1) is 21.8 Å². The number of nitrogens with zero attached hydrogens (tertiary/aromatic N) is 2. The lowest BCUT2D eigenvalue weighted by molar-refractivity contribution is 0.320. The van der Waals surface area contributed by atoms with E-state index in [1.54, 1.807) is 10.6 Å². The molecule has 150 valence electrons. The highest BCUT2D eigenvalue weighted by molar-refractivity contribution is 7.89. The van der Waals surface area contributed by atoms with Crippen LogP contribution in [0, 0.1) is 5.92 Å². The molecular weight excluding hydrogens is 380 g/mol. The van der Waals surface area contributed by atoms with Gasteiger partial charge in [0, 0.05) is 25.2 Å². The summed E-state index contributed by atoms with van der Waals surface area (Å²) in [7, 11) is -3.72. The van der Waals surface area contributed by atoms with Crippen LogP contribution in [0.4, 0.5) is 0 Å². The summed E-state index contributed by atoms with van der Waals surface area (Å²) in [5.41, 5.74) is -0.582. The SMILES string of the molecule is CC1(NS(=O)(=O)c2ccc3c(c2)c(=O)n(C2CNC2)c(=O)n3CC2CC2)CC1. The molecule has 0 amide bonds. The maximum atomic E-state index is 13.1. The van der Waals surface area contributed by atoms with E-state index in [1.165, 1.54) is 16.7 Å². The van der Waals surface area contributed by atoms with Crippen LogP contribution in [0.1, 0.15) is 38.6 Å². The summed E-state index contributed by atoms with van der Waals surface area (Å²) in [6.07, 6.45) is 3.77. The summed E-state index contributed by atoms with van der Waals surface area (Å²) in [6, 6.07) is 4.34. The van der Waals surface area contributed by atoms with Crippen molar-refractivity contribution in [3.63, 3.8) is 0 Å². The molecular formula is C19H24N4O4S. The Kier molecular flexibility index (Phi) is 3.88. The molecule has 2 heterocycles. The van der Waals surface area contributed by atoms with E-state index in [4.69, 9.17) is 0 Å². The Balaban J connectivity index is 1.69. The molecule has 28 heavy (non-hydrogen) atoms. The van der Waals surface area contributed by atoms with E-state index in [2.05, 4.69) is 10.0 Å². The fourth-order valence-electron chi connectivity index (χ4n) is 3.72. The fraction of sp³-hybridized carbons (Fsp3) is 0.579. The molecule has 1 aromatic carbocycles. The second kappa shape index (κ2) is 6.01. The van der Waals surface area contributed by atoms with E-state index in [1.807, 2.05) is 6.92 Å². The normalized spacial score (nSPS) is 21.6. The Hall–Kier alpha value is -1.97. The zero-order valence-corrected chi connectivity index (χ0v) is 16.6. The molecule has 0 atom stereocenters. The van der Waals surface area contributed by atoms with Crippen molar-refractivity contribution in [3.05, 3.63) is 39.0 Å². The van der Waals surface area contributed by atoms with Gasteiger partial charge in [-0.15, -0.1) is 0 Å². The second-order valence-electron chi connectivity index (χ2n) is 8.67. The van der Waals surface area contributed by atoms with Crippen molar-refractivity contribution in [2.45, 2.75) is 55.6 Å². The van der Waals surface area contributed by atoms with Gasteiger partial charge in [0.2, 0.25) is 10.0 Å². The number of aromatic nitrogens is 2. The van der Waals surface area contributed by atoms with Crippen LogP contribution in [0.25, 0.3) is 10.9 Å². The monoisotopic (exact) mass is 404 g/mol. The molecule has 1 aromatic heterocycles. The standard InChI is InChI=1S/C19H24N4O4S/c1-19(6-7-19)21-28(26,27)14-4-5-16-15(8-14)17(24)23(13-9-20-10-13)18(25)22(16)11-12-2-3-12/h4-5,8,12-13,20-21H,2-3,6-7,9-11H2,1H3. The molecule has 2 N–H and O–H groups in total. The Labute approximate surface area is 162 Å². The van der Waals surface area contributed by atoms with Gasteiger partial charge in [0.1, 0.15) is 0 Å². The largest absolute Gasteiger partial charge is 0.331 e. The zero-order chi connectivity index (χ0) is 19.7. The highest BCUT2D eigenvalue weighted by Crippen LogP contribution is 2.36. The van der Waals surface area contributed by atoms with Crippen LogP contribution in [-0.2, 0) is 16.6 Å². The van der Waals surface area contributed by atoms with E-state index < -0.39 is 21.1 Å². The van der Waals surface area contributed by atoms with E-state index >= 15 is 0 Å². The lowest BCUT2D eigenvalue weighted by Crippen LogP contribution is -2.53. The van der Waals surface area contributed by atoms with Crippen molar-refractivity contribution in [1.82, 2.24) is 19.2 Å². The topological polar surface area (TPSA) is 102 Å². The van der Waals surface area contributed by atoms with Crippen molar-refractivity contribution >= 4 is 20.9 Å². The fourth-order valence-corrected chi connectivity index (χ4v) is 5.22. The van der Waals surface area contributed by atoms with Gasteiger partial charge in [-0.3, -0.25) is 13.9 Å². The predicted octanol–water partition coefficient (Wildman–Crippen LogP) is 0.548. The van der Waals surface area contributed by atoms with Gasteiger partial charge in [-0.05, 0) is 56.7 Å². The number of nitrogens with one attached hydrogen (secondary N) is 2. The lowest BCUT2D eigenvalue weighted by atomic mass is 10.1. The average molecular weight is 404 g/mol. The van der Waals surface area contributed by atoms with E-state index in [-0.39, 0.29) is 22.0 Å². The van der Waals surface area contributed by atoms with Crippen LogP contribution in [0.15, 0.2) is 32.7 Å². The molecule has 2 saturated carbocycles. The van der Waals surface area contributed by atoms with Crippen LogP contribution < -0.4 is 21.3 Å². The first kappa shape index (κ1) is 18.1. The maximum absolute atomic E-state index is 13.1. The lowest BCUT2D eigenvalue weighted by Gasteiger charge is -2.29. The quantitative estimate of drug-likeness (QED) is 0.732. The summed E-state index contributed by atoms with van der Waals surface area (Å²) < 4.78 is 31.2. The molecule has 0 radical (unpaired) electrons. The van der Waals surface area contributed by atoms with Crippen LogP contribution in [0.2, 0.25) is 0 Å². The molecule has 3 aliphatic rings. The summed E-state index contributed by atoms with van der Waals surface area (Å²) in [5.74, 6) is 0.450. The third kappa shape index (κ3) is 3.01. The van der Waals surface area contributed by atoms with Crippen molar-refractivity contribution in [2.24, 2.45) is 5.92 Å². The Morgan fingerprint density at radius 2 is 1.93 bits per heavy atom. The number of hydrogen-bond donors (Lipinski definition) is 2. The maximum Gasteiger partial charge on any atom is 0.331 e. The first-order valence-corrected chi connectivity index (χ1v) is 11.3. The average Bonchev–Trinajstić information content (AvgIpc) is 3.52. The summed E-state index contributed by atoms with van der Waals surface area (Å²) in [5, 5.41) is 3.38. The molecule has 0 spiro atoms. The molecule has 9 heteroatoms. The van der Waals surface area contributed by atoms with Crippen LogP contribution in [-0.4, -0.2) is 36.2 Å². The van der Waals surface area contributed by atoms with Gasteiger partial charge in [-0.1, -0.05) is 0 Å². The number of benzene rings is 1. The highest BCUT2D eigenvalue weighted by Gasteiger charge is 2.41. The molecule has 1 saturated heterocycles. The van der Waals surface area contributed by atoms with Crippen molar-refractivity contribution < 1.29 is 8.42 Å². The van der Waals surface area contributed by atoms with Gasteiger partial charge in [-0.2, -0.15) is 0 Å². The van der Waals surface area contributed by atoms with Gasteiger partial charge in [0.15, 0.2) is 0 Å². The zero-order valence-electron chi connectivity index (χ0n) is 15.8. The van der Waals surface area contributed by atoms with Crippen molar-refractivity contribution in [2.75, 3.05) is 13.1 Å². The van der Waals surface area contributed by atoms with Crippen LogP contribution in [0.3, 0.4) is 0 Å². The molecule has 8 nitrogen and oxygen atoms in total.